The third-order valence-corrected chi connectivity index (χ3v) is 7.11. The summed E-state index contributed by atoms with van der Waals surface area (Å²) in [5, 5.41) is 13.6. The van der Waals surface area contributed by atoms with Crippen LogP contribution in [0.4, 0.5) is 5.69 Å². The number of amides is 1. The number of carbonyl (C=O) groups is 2. The number of likely N-dealkylation sites (N-methyl/N-ethyl adjacent to an activating group) is 1. The van der Waals surface area contributed by atoms with Gasteiger partial charge in [0.25, 0.3) is 5.91 Å². The molecule has 0 bridgehead atoms. The van der Waals surface area contributed by atoms with Crippen molar-refractivity contribution in [2.75, 3.05) is 12.4 Å². The van der Waals surface area contributed by atoms with Gasteiger partial charge in [-0.1, -0.05) is 54.9 Å². The molecule has 0 aliphatic rings. The molecule has 0 spiro atoms. The van der Waals surface area contributed by atoms with Crippen LogP contribution in [0.3, 0.4) is 0 Å². The van der Waals surface area contributed by atoms with Crippen molar-refractivity contribution in [2.45, 2.75) is 53.1 Å². The van der Waals surface area contributed by atoms with Crippen molar-refractivity contribution in [1.29, 1.82) is 0 Å². The maximum Gasteiger partial charge on any atom is 0.326 e. The van der Waals surface area contributed by atoms with Gasteiger partial charge in [-0.25, -0.2) is 4.79 Å². The molecule has 0 aromatic heterocycles. The number of carboxylic acid groups (broad SMARTS) is 1. The predicted octanol–water partition coefficient (Wildman–Crippen LogP) is 6.90. The van der Waals surface area contributed by atoms with E-state index in [1.54, 1.807) is 6.07 Å². The number of anilines is 1. The highest BCUT2D eigenvalue weighted by atomic mass is 35.5. The van der Waals surface area contributed by atoms with Gasteiger partial charge in [0, 0.05) is 29.4 Å². The molecule has 2 atom stereocenters. The highest BCUT2D eigenvalue weighted by molar-refractivity contribution is 6.32. The third-order valence-electron chi connectivity index (χ3n) is 6.51. The molecule has 0 aliphatic heterocycles. The van der Waals surface area contributed by atoms with Gasteiger partial charge in [0.2, 0.25) is 0 Å². The van der Waals surface area contributed by atoms with Crippen molar-refractivity contribution in [3.63, 3.8) is 0 Å². The maximum absolute atomic E-state index is 12.9. The first-order valence-electron chi connectivity index (χ1n) is 11.8. The molecular formula is C29H33ClN2O3. The molecule has 1 amide bonds. The topological polar surface area (TPSA) is 69.6 Å². The largest absolute Gasteiger partial charge is 0.480 e. The molecule has 3 aromatic rings. The molecule has 6 heteroatoms. The Hall–Kier alpha value is -3.31. The van der Waals surface area contributed by atoms with E-state index < -0.39 is 12.0 Å². The van der Waals surface area contributed by atoms with Crippen LogP contribution < -0.4 is 5.32 Å². The average Bonchev–Trinajstić information content (AvgIpc) is 2.85. The molecule has 0 radical (unpaired) electrons. The highest BCUT2D eigenvalue weighted by Gasteiger charge is 2.24. The number of carboxylic acids is 1. The van der Waals surface area contributed by atoms with E-state index >= 15 is 0 Å². The molecule has 0 heterocycles. The summed E-state index contributed by atoms with van der Waals surface area (Å²) >= 11 is 6.33. The second-order valence-corrected chi connectivity index (χ2v) is 9.45. The lowest BCUT2D eigenvalue weighted by molar-refractivity contribution is -0.141. The third kappa shape index (κ3) is 5.85. The summed E-state index contributed by atoms with van der Waals surface area (Å²) in [5.41, 5.74) is 7.75. The lowest BCUT2D eigenvalue weighted by atomic mass is 9.96. The van der Waals surface area contributed by atoms with Crippen LogP contribution in [0.25, 0.3) is 11.1 Å². The van der Waals surface area contributed by atoms with Gasteiger partial charge in [-0.05, 0) is 85.7 Å². The quantitative estimate of drug-likeness (QED) is 0.358. The summed E-state index contributed by atoms with van der Waals surface area (Å²) in [7, 11) is 1.52. The zero-order valence-electron chi connectivity index (χ0n) is 21.1. The Morgan fingerprint density at radius 1 is 1.00 bits per heavy atom. The number of aliphatic carboxylic acids is 1. The Bertz CT molecular complexity index is 1230. The number of nitrogens with zero attached hydrogens (tertiary/aromatic N) is 1. The van der Waals surface area contributed by atoms with Crippen molar-refractivity contribution >= 4 is 29.2 Å². The summed E-state index contributed by atoms with van der Waals surface area (Å²) in [6, 6.07) is 17.3. The van der Waals surface area contributed by atoms with Crippen molar-refractivity contribution in [2.24, 2.45) is 0 Å². The van der Waals surface area contributed by atoms with E-state index in [0.717, 1.165) is 38.5 Å². The minimum atomic E-state index is -1.03. The minimum Gasteiger partial charge on any atom is -0.480 e. The summed E-state index contributed by atoms with van der Waals surface area (Å²) < 4.78 is 0. The fourth-order valence-electron chi connectivity index (χ4n) is 4.16. The van der Waals surface area contributed by atoms with Crippen LogP contribution in [0.1, 0.15) is 59.4 Å². The van der Waals surface area contributed by atoms with E-state index in [9.17, 15) is 14.7 Å². The molecule has 0 fully saturated rings. The summed E-state index contributed by atoms with van der Waals surface area (Å²) in [6.45, 7) is 9.66. The summed E-state index contributed by atoms with van der Waals surface area (Å²) in [6.07, 6.45) is 0.661. The van der Waals surface area contributed by atoms with E-state index in [1.807, 2.05) is 51.1 Å². The average molecular weight is 493 g/mol. The Labute approximate surface area is 212 Å². The lowest BCUT2D eigenvalue weighted by Gasteiger charge is -2.23. The van der Waals surface area contributed by atoms with Gasteiger partial charge in [-0.3, -0.25) is 4.79 Å². The van der Waals surface area contributed by atoms with E-state index in [-0.39, 0.29) is 11.9 Å². The van der Waals surface area contributed by atoms with Crippen LogP contribution in [0.15, 0.2) is 54.6 Å². The SMILES string of the molecule is CCc1cc(-c2cccc(NC(C)c3cc(C)c(Cl)c(C)c3)c2)ccc1C(=O)N(C)[C@@H](C)C(=O)O. The van der Waals surface area contributed by atoms with Gasteiger partial charge in [0.1, 0.15) is 6.04 Å². The second kappa shape index (κ2) is 11.0. The summed E-state index contributed by atoms with van der Waals surface area (Å²) in [5.74, 6) is -1.32. The van der Waals surface area contributed by atoms with E-state index in [4.69, 9.17) is 11.6 Å². The molecule has 35 heavy (non-hydrogen) atoms. The normalized spacial score (nSPS) is 12.7. The van der Waals surface area contributed by atoms with Gasteiger partial charge >= 0.3 is 5.97 Å². The van der Waals surface area contributed by atoms with Crippen LogP contribution in [-0.4, -0.2) is 35.0 Å². The Balaban J connectivity index is 1.86. The van der Waals surface area contributed by atoms with Crippen LogP contribution >= 0.6 is 11.6 Å². The molecule has 0 aliphatic carbocycles. The smallest absolute Gasteiger partial charge is 0.326 e. The second-order valence-electron chi connectivity index (χ2n) is 9.07. The first-order chi connectivity index (χ1) is 16.5. The molecule has 184 valence electrons. The van der Waals surface area contributed by atoms with Gasteiger partial charge in [-0.15, -0.1) is 0 Å². The predicted molar refractivity (Wildman–Crippen MR) is 143 cm³/mol. The fraction of sp³-hybridized carbons (Fsp3) is 0.310. The number of hydrogen-bond acceptors (Lipinski definition) is 3. The number of rotatable bonds is 8. The van der Waals surface area contributed by atoms with Crippen LogP contribution in [0.2, 0.25) is 5.02 Å². The van der Waals surface area contributed by atoms with E-state index in [2.05, 4.69) is 30.4 Å². The van der Waals surface area contributed by atoms with Crippen molar-refractivity contribution in [3.8, 4) is 11.1 Å². The molecule has 3 rings (SSSR count). The Morgan fingerprint density at radius 3 is 2.23 bits per heavy atom. The Kier molecular flexibility index (Phi) is 8.23. The molecule has 2 N–H and O–H groups in total. The van der Waals surface area contributed by atoms with E-state index in [0.29, 0.717) is 12.0 Å². The first kappa shape index (κ1) is 26.3. The molecular weight excluding hydrogens is 460 g/mol. The van der Waals surface area contributed by atoms with Crippen molar-refractivity contribution in [3.05, 3.63) is 87.4 Å². The van der Waals surface area contributed by atoms with E-state index in [1.165, 1.54) is 24.4 Å². The number of halogens is 1. The van der Waals surface area contributed by atoms with Gasteiger partial charge < -0.3 is 15.3 Å². The molecule has 0 saturated heterocycles. The number of aryl methyl sites for hydroxylation is 3. The zero-order chi connectivity index (χ0) is 25.9. The zero-order valence-corrected chi connectivity index (χ0v) is 21.9. The van der Waals surface area contributed by atoms with Crippen molar-refractivity contribution in [1.82, 2.24) is 4.90 Å². The van der Waals surface area contributed by atoms with Crippen molar-refractivity contribution < 1.29 is 14.7 Å². The lowest BCUT2D eigenvalue weighted by Crippen LogP contribution is -2.40. The standard InChI is InChI=1S/C29H33ClN2O3/c1-7-21-15-23(11-12-26(21)28(33)32(6)20(5)29(34)35)22-9-8-10-25(16-22)31-19(4)24-13-17(2)27(30)18(3)14-24/h8-16,19-20,31H,7H2,1-6H3,(H,34,35)/t19?,20-/m0/s1. The van der Waals surface area contributed by atoms with Gasteiger partial charge in [-0.2, -0.15) is 0 Å². The highest BCUT2D eigenvalue weighted by Crippen LogP contribution is 2.30. The van der Waals surface area contributed by atoms with Gasteiger partial charge in [0.05, 0.1) is 0 Å². The summed E-state index contributed by atoms with van der Waals surface area (Å²) in [4.78, 5) is 25.5. The number of benzene rings is 3. The number of carbonyl (C=O) groups excluding carboxylic acids is 1. The maximum atomic E-state index is 12.9. The van der Waals surface area contributed by atoms with Crippen LogP contribution in [0.5, 0.6) is 0 Å². The van der Waals surface area contributed by atoms with Gasteiger partial charge in [0.15, 0.2) is 0 Å². The molecule has 5 nitrogen and oxygen atoms in total. The molecule has 0 saturated carbocycles. The molecule has 1 unspecified atom stereocenters. The monoisotopic (exact) mass is 492 g/mol. The number of nitrogens with one attached hydrogen (secondary N) is 1. The van der Waals surface area contributed by atoms with Crippen LogP contribution in [-0.2, 0) is 11.2 Å². The molecule has 3 aromatic carbocycles. The number of hydrogen-bond donors (Lipinski definition) is 2. The fourth-order valence-corrected chi connectivity index (χ4v) is 4.27. The Morgan fingerprint density at radius 2 is 1.63 bits per heavy atom. The minimum absolute atomic E-state index is 0.0953. The first-order valence-corrected chi connectivity index (χ1v) is 12.2. The van der Waals surface area contributed by atoms with Crippen LogP contribution in [0, 0.1) is 13.8 Å².